The molecule has 6 aromatic rings. The van der Waals surface area contributed by atoms with Crippen LogP contribution in [-0.4, -0.2) is 9.97 Å². The predicted molar refractivity (Wildman–Crippen MR) is 168 cm³/mol. The largest absolute Gasteiger partial charge is 0.431 e. The van der Waals surface area contributed by atoms with Gasteiger partial charge < -0.3 is 8.83 Å². The van der Waals surface area contributed by atoms with E-state index in [0.29, 0.717) is 6.07 Å². The average Bonchev–Trinajstić information content (AvgIpc) is 3.57. The fraction of sp³-hybridized carbons (Fsp3) is 0.161. The van der Waals surface area contributed by atoms with E-state index in [2.05, 4.69) is 9.97 Å². The lowest BCUT2D eigenvalue weighted by atomic mass is 9.85. The van der Waals surface area contributed by atoms with Crippen molar-refractivity contribution in [3.8, 4) is 33.4 Å². The monoisotopic (exact) mass is 980 g/mol. The first-order valence-corrected chi connectivity index (χ1v) is 15.8. The fourth-order valence-corrected chi connectivity index (χ4v) is 6.49. The summed E-state index contributed by atoms with van der Waals surface area (Å²) in [6.07, 6.45) is -27.7. The normalized spacial score (nSPS) is 13.5. The molecule has 4 nitrogen and oxygen atoms in total. The van der Waals surface area contributed by atoms with Gasteiger partial charge in [-0.1, -0.05) is 18.2 Å². The molecule has 0 N–H and O–H groups in total. The van der Waals surface area contributed by atoms with E-state index in [1.165, 1.54) is 45.2 Å². The Hall–Kier alpha value is -3.77. The van der Waals surface area contributed by atoms with Crippen molar-refractivity contribution in [2.75, 3.05) is 0 Å². The number of fused-ring (bicyclic) bond motifs is 2. The van der Waals surface area contributed by atoms with Crippen molar-refractivity contribution in [2.24, 2.45) is 0 Å². The summed E-state index contributed by atoms with van der Waals surface area (Å²) in [6, 6.07) is 2.68. The maximum Gasteiger partial charge on any atom is 0.417 e. The van der Waals surface area contributed by atoms with Crippen molar-refractivity contribution in [3.05, 3.63) is 90.2 Å². The highest BCUT2D eigenvalue weighted by Crippen LogP contribution is 2.53. The molecule has 52 heavy (non-hydrogen) atoms. The van der Waals surface area contributed by atoms with E-state index in [0.717, 1.165) is 18.2 Å². The fourth-order valence-electron chi connectivity index (χ4n) is 5.57. The molecular weight excluding hydrogens is 971 g/mol. The Morgan fingerprint density at radius 3 is 1.31 bits per heavy atom. The zero-order valence-electron chi connectivity index (χ0n) is 24.3. The topological polar surface area (TPSA) is 52.1 Å². The maximum atomic E-state index is 14.8. The first-order chi connectivity index (χ1) is 23.8. The summed E-state index contributed by atoms with van der Waals surface area (Å²) < 4.78 is 223. The van der Waals surface area contributed by atoms with Crippen LogP contribution < -0.4 is 0 Å². The second-order valence-electron chi connectivity index (χ2n) is 10.8. The highest BCUT2D eigenvalue weighted by Gasteiger charge is 2.44. The summed E-state index contributed by atoms with van der Waals surface area (Å²) in [4.78, 5) is 8.00. The van der Waals surface area contributed by atoms with Gasteiger partial charge in [0.05, 0.1) is 38.9 Å². The minimum Gasteiger partial charge on any atom is -0.431 e. The molecule has 0 radical (unpaired) electrons. The van der Waals surface area contributed by atoms with Gasteiger partial charge in [0.2, 0.25) is 0 Å². The van der Waals surface area contributed by atoms with Crippen molar-refractivity contribution >= 4 is 67.4 Å². The van der Waals surface area contributed by atoms with E-state index in [4.69, 9.17) is 8.83 Å². The maximum absolute atomic E-state index is 14.8. The van der Waals surface area contributed by atoms with Gasteiger partial charge in [0.15, 0.2) is 11.2 Å². The Morgan fingerprint density at radius 1 is 0.442 bits per heavy atom. The number of aromatic nitrogens is 2. The zero-order valence-corrected chi connectivity index (χ0v) is 28.6. The minimum atomic E-state index is -5.87. The van der Waals surface area contributed by atoms with Gasteiger partial charge >= 0.3 is 30.9 Å². The third kappa shape index (κ3) is 6.88. The molecule has 0 saturated carbocycles. The lowest BCUT2D eigenvalue weighted by Gasteiger charge is -2.23. The van der Waals surface area contributed by atoms with Gasteiger partial charge in [0, 0.05) is 50.7 Å². The van der Waals surface area contributed by atoms with Gasteiger partial charge in [-0.2, -0.15) is 65.9 Å². The lowest BCUT2D eigenvalue weighted by Crippen LogP contribution is -2.15. The number of oxazole rings is 2. The number of nitrogens with zero attached hydrogens (tertiary/aromatic N) is 2. The number of benzene rings is 4. The smallest absolute Gasteiger partial charge is 0.417 e. The van der Waals surface area contributed by atoms with E-state index in [1.807, 2.05) is 0 Å². The summed E-state index contributed by atoms with van der Waals surface area (Å²) in [7, 11) is 0. The van der Waals surface area contributed by atoms with Gasteiger partial charge in [0.25, 0.3) is 7.79 Å². The molecule has 4 aromatic carbocycles. The highest BCUT2D eigenvalue weighted by molar-refractivity contribution is 14.1. The van der Waals surface area contributed by atoms with Gasteiger partial charge in [-0.05, 0) is 53.1 Å². The molecule has 0 saturated heterocycles. The van der Waals surface area contributed by atoms with Gasteiger partial charge in [-0.15, -0.1) is 0 Å². The first kappa shape index (κ1) is 38.0. The van der Waals surface area contributed by atoms with Crippen LogP contribution in [0.25, 0.3) is 55.6 Å². The summed E-state index contributed by atoms with van der Waals surface area (Å²) in [5.41, 5.74) is -19.2. The number of hydrogen-bond acceptors (Lipinski definition) is 4. The van der Waals surface area contributed by atoms with E-state index >= 15 is 0 Å². The molecule has 274 valence electrons. The molecule has 2 aromatic heterocycles. The zero-order chi connectivity index (χ0) is 38.5. The highest BCUT2D eigenvalue weighted by atomic mass is 127. The Bertz CT molecular complexity index is 2290. The summed E-state index contributed by atoms with van der Waals surface area (Å²) in [6.45, 7) is 0. The Morgan fingerprint density at radius 2 is 0.865 bits per heavy atom. The van der Waals surface area contributed by atoms with Crippen LogP contribution in [0.2, 0.25) is 0 Å². The number of alkyl halides is 15. The molecule has 0 unspecified atom stereocenters. The molecule has 2 heterocycles. The second kappa shape index (κ2) is 12.4. The molecule has 0 amide bonds. The number of rotatable bonds is 3. The Labute approximate surface area is 305 Å². The lowest BCUT2D eigenvalue weighted by molar-refractivity contribution is -0.144. The van der Waals surface area contributed by atoms with Crippen LogP contribution >= 0.6 is 45.2 Å². The third-order valence-corrected chi connectivity index (χ3v) is 8.47. The van der Waals surface area contributed by atoms with Crippen molar-refractivity contribution in [1.82, 2.24) is 9.97 Å². The van der Waals surface area contributed by atoms with Crippen LogP contribution in [0.3, 0.4) is 0 Å². The number of hydrogen-bond donors (Lipinski definition) is 0. The molecule has 0 aliphatic carbocycles. The van der Waals surface area contributed by atoms with Crippen LogP contribution in [-0.2, 0) is 30.9 Å². The molecule has 21 heteroatoms. The van der Waals surface area contributed by atoms with Crippen LogP contribution in [0.5, 0.6) is 0 Å². The molecular formula is C31H9F15I2N2O2. The minimum absolute atomic E-state index is 0.0204. The van der Waals surface area contributed by atoms with Crippen molar-refractivity contribution in [2.45, 2.75) is 30.9 Å². The van der Waals surface area contributed by atoms with Crippen LogP contribution in [0.4, 0.5) is 65.9 Å². The molecule has 0 fully saturated rings. The van der Waals surface area contributed by atoms with Crippen molar-refractivity contribution < 1.29 is 74.7 Å². The standard InChI is InChI=1S/C31H9F15I2N2O2/c32-27(33,34)11-5-10(6-12(7-11)28(35,36)37)18-15(8-13(29(38,39)40)9-17(18)31(44,45)46)20-22-23(51-26(48)50-22)19(21-24(20)52-25(47)49-21)14-3-1-2-4-16(14)30(41,42)43/h1-9H. The average molecular weight is 980 g/mol. The number of halogens is 17. The van der Waals surface area contributed by atoms with E-state index in [1.54, 1.807) is 0 Å². The molecule has 0 spiro atoms. The molecule has 0 aliphatic heterocycles. The Balaban J connectivity index is 1.89. The van der Waals surface area contributed by atoms with Crippen LogP contribution in [0.1, 0.15) is 27.8 Å². The molecule has 0 aliphatic rings. The van der Waals surface area contributed by atoms with Gasteiger partial charge in [-0.3, -0.25) is 0 Å². The molecule has 0 bridgehead atoms. The van der Waals surface area contributed by atoms with Gasteiger partial charge in [-0.25, -0.2) is 9.97 Å². The van der Waals surface area contributed by atoms with Crippen molar-refractivity contribution in [1.29, 1.82) is 0 Å². The van der Waals surface area contributed by atoms with Gasteiger partial charge in [0.1, 0.15) is 11.0 Å². The Kier molecular flexibility index (Phi) is 9.05. The van der Waals surface area contributed by atoms with Crippen LogP contribution in [0, 0.1) is 7.79 Å². The summed E-state index contributed by atoms with van der Waals surface area (Å²) in [5.74, 6) is 0. The third-order valence-electron chi connectivity index (χ3n) is 7.55. The SMILES string of the molecule is FC(F)(F)c1cc(-c2c(-c3c4nc(I)oc4c(-c4ccccc4C(F)(F)F)c4nc(I)oc34)cc(C(F)(F)F)cc2C(F)(F)F)cc(C(F)(F)F)c1. The van der Waals surface area contributed by atoms with E-state index < -0.39 is 134 Å². The molecule has 0 atom stereocenters. The van der Waals surface area contributed by atoms with E-state index in [9.17, 15) is 65.9 Å². The summed E-state index contributed by atoms with van der Waals surface area (Å²) >= 11 is 2.77. The van der Waals surface area contributed by atoms with Crippen molar-refractivity contribution in [3.63, 3.8) is 0 Å². The van der Waals surface area contributed by atoms with E-state index in [-0.39, 0.29) is 18.2 Å². The summed E-state index contributed by atoms with van der Waals surface area (Å²) in [5, 5.41) is 0. The van der Waals surface area contributed by atoms with Crippen LogP contribution in [0.15, 0.2) is 63.4 Å². The first-order valence-electron chi connectivity index (χ1n) is 13.6. The molecule has 6 rings (SSSR count). The predicted octanol–water partition coefficient (Wildman–Crippen LogP) is 13.3. The second-order valence-corrected chi connectivity index (χ2v) is 12.7. The quantitative estimate of drug-likeness (QED) is 0.131.